The fraction of sp³-hybridized carbons (Fsp3) is 0.250. The lowest BCUT2D eigenvalue weighted by molar-refractivity contribution is 0.0948. The van der Waals surface area contributed by atoms with Gasteiger partial charge in [0.15, 0.2) is 0 Å². The predicted octanol–water partition coefficient (Wildman–Crippen LogP) is 6.08. The van der Waals surface area contributed by atoms with Gasteiger partial charge in [0.2, 0.25) is 0 Å². The van der Waals surface area contributed by atoms with E-state index in [-0.39, 0.29) is 35.5 Å². The molecule has 0 radical (unpaired) electrons. The first-order valence-electron chi connectivity index (χ1n) is 13.6. The van der Waals surface area contributed by atoms with Crippen LogP contribution >= 0.6 is 22.6 Å². The van der Waals surface area contributed by atoms with Crippen molar-refractivity contribution in [1.29, 1.82) is 0 Å². The van der Waals surface area contributed by atoms with E-state index in [1.807, 2.05) is 47.7 Å². The molecule has 2 N–H and O–H groups in total. The van der Waals surface area contributed by atoms with Crippen LogP contribution in [0.4, 0.5) is 15.9 Å². The highest BCUT2D eigenvalue weighted by Crippen LogP contribution is 2.36. The van der Waals surface area contributed by atoms with Gasteiger partial charge in [-0.05, 0) is 77.5 Å². The number of anilines is 2. The molecule has 9 nitrogen and oxygen atoms in total. The first kappa shape index (κ1) is 30.4. The van der Waals surface area contributed by atoms with Gasteiger partial charge in [-0.15, -0.1) is 0 Å². The summed E-state index contributed by atoms with van der Waals surface area (Å²) in [5, 5.41) is 5.86. The van der Waals surface area contributed by atoms with E-state index < -0.39 is 17.3 Å². The molecule has 5 rings (SSSR count). The normalized spacial score (nSPS) is 14.3. The predicted molar refractivity (Wildman–Crippen MR) is 169 cm³/mol. The smallest absolute Gasteiger partial charge is 0.259 e. The Morgan fingerprint density at radius 2 is 1.86 bits per heavy atom. The van der Waals surface area contributed by atoms with Gasteiger partial charge in [0.05, 0.1) is 26.0 Å². The molecule has 1 aromatic heterocycles. The summed E-state index contributed by atoms with van der Waals surface area (Å²) in [6.07, 6.45) is 0.707. The molecule has 11 heteroatoms. The van der Waals surface area contributed by atoms with Gasteiger partial charge in [0.1, 0.15) is 46.3 Å². The lowest BCUT2D eigenvalue weighted by Gasteiger charge is -2.21. The van der Waals surface area contributed by atoms with Crippen molar-refractivity contribution in [3.63, 3.8) is 0 Å². The molecule has 2 heterocycles. The molecule has 224 valence electrons. The molecule has 4 aromatic rings. The minimum Gasteiger partial charge on any atom is -0.497 e. The highest BCUT2D eigenvalue weighted by atomic mass is 127. The first-order valence-corrected chi connectivity index (χ1v) is 14.7. The fourth-order valence-corrected chi connectivity index (χ4v) is 5.04. The second kappa shape index (κ2) is 13.5. The number of ether oxygens (including phenoxy) is 4. The van der Waals surface area contributed by atoms with Crippen LogP contribution < -0.4 is 30.4 Å². The highest BCUT2D eigenvalue weighted by Gasteiger charge is 2.25. The topological polar surface area (TPSA) is 100 Å². The average molecular weight is 700 g/mol. The van der Waals surface area contributed by atoms with Crippen molar-refractivity contribution in [2.75, 3.05) is 25.6 Å². The molecule has 1 aliphatic rings. The fourth-order valence-electron chi connectivity index (χ4n) is 4.59. The number of nitrogens with zero attached hydrogens (tertiary/aromatic N) is 1. The zero-order valence-corrected chi connectivity index (χ0v) is 26.1. The number of rotatable bonds is 10. The summed E-state index contributed by atoms with van der Waals surface area (Å²) in [6, 6.07) is 18.5. The summed E-state index contributed by atoms with van der Waals surface area (Å²) in [5.74, 6) is 0.727. The Balaban J connectivity index is 1.53. The van der Waals surface area contributed by atoms with E-state index in [0.29, 0.717) is 39.6 Å². The van der Waals surface area contributed by atoms with Gasteiger partial charge >= 0.3 is 0 Å². The Kier molecular flexibility index (Phi) is 9.51. The van der Waals surface area contributed by atoms with Crippen molar-refractivity contribution in [2.24, 2.45) is 7.05 Å². The van der Waals surface area contributed by atoms with Crippen molar-refractivity contribution in [3.05, 3.63) is 103 Å². The zero-order valence-electron chi connectivity index (χ0n) is 23.9. The number of hydrogen-bond acceptors (Lipinski definition) is 7. The minimum absolute atomic E-state index is 0.00759. The van der Waals surface area contributed by atoms with Crippen LogP contribution in [0.5, 0.6) is 23.0 Å². The molecule has 1 unspecified atom stereocenters. The number of hydrogen-bond donors (Lipinski definition) is 2. The standard InChI is InChI=1S/C32H31FIN3O6/c1-19-26(42-23-13-14-41-18-23)5-4-6-27(19)43-28-16-29(38)37(2)31(36-25-12-9-21(34)15-24(25)33)30(28)32(39)35-17-20-7-10-22(40-3)11-8-20/h4-12,15-16,23,36H,13-14,17-18H2,1-3H3,(H,35,39). The lowest BCUT2D eigenvalue weighted by atomic mass is 10.1. The molecule has 1 atom stereocenters. The molecule has 43 heavy (non-hydrogen) atoms. The molecule has 1 fully saturated rings. The first-order chi connectivity index (χ1) is 20.7. The van der Waals surface area contributed by atoms with Crippen LogP contribution in [-0.4, -0.2) is 36.9 Å². The molecule has 1 aliphatic heterocycles. The third-order valence-electron chi connectivity index (χ3n) is 7.06. The number of aromatic nitrogens is 1. The van der Waals surface area contributed by atoms with Crippen molar-refractivity contribution in [1.82, 2.24) is 9.88 Å². The second-order valence-electron chi connectivity index (χ2n) is 9.99. The average Bonchev–Trinajstić information content (AvgIpc) is 3.51. The molecular formula is C32H31FIN3O6. The van der Waals surface area contributed by atoms with Crippen molar-refractivity contribution in [2.45, 2.75) is 26.0 Å². The summed E-state index contributed by atoms with van der Waals surface area (Å²) in [6.45, 7) is 3.17. The Labute approximate surface area is 262 Å². The third kappa shape index (κ3) is 7.11. The van der Waals surface area contributed by atoms with Crippen LogP contribution in [0.1, 0.15) is 27.9 Å². The van der Waals surface area contributed by atoms with E-state index in [4.69, 9.17) is 18.9 Å². The van der Waals surface area contributed by atoms with Crippen LogP contribution in [0.2, 0.25) is 0 Å². The number of pyridine rings is 1. The highest BCUT2D eigenvalue weighted by molar-refractivity contribution is 14.1. The number of nitrogens with one attached hydrogen (secondary N) is 2. The van der Waals surface area contributed by atoms with E-state index in [9.17, 15) is 14.0 Å². The number of amides is 1. The SMILES string of the molecule is COc1ccc(CNC(=O)c2c(Oc3cccc(OC4CCOC4)c3C)cc(=O)n(C)c2Nc2ccc(I)cc2F)cc1. The minimum atomic E-state index is -0.535. The van der Waals surface area contributed by atoms with Gasteiger partial charge < -0.3 is 29.6 Å². The quantitative estimate of drug-likeness (QED) is 0.194. The van der Waals surface area contributed by atoms with Crippen LogP contribution in [-0.2, 0) is 18.3 Å². The molecule has 0 saturated carbocycles. The molecule has 1 saturated heterocycles. The van der Waals surface area contributed by atoms with Crippen LogP contribution in [0, 0.1) is 16.3 Å². The number of methoxy groups -OCH3 is 1. The van der Waals surface area contributed by atoms with Crippen molar-refractivity contribution in [3.8, 4) is 23.0 Å². The van der Waals surface area contributed by atoms with Crippen molar-refractivity contribution < 1.29 is 28.1 Å². The Bertz CT molecular complexity index is 1690. The van der Waals surface area contributed by atoms with Gasteiger partial charge in [0.25, 0.3) is 11.5 Å². The summed E-state index contributed by atoms with van der Waals surface area (Å²) >= 11 is 2.01. The number of carbonyl (C=O) groups is 1. The summed E-state index contributed by atoms with van der Waals surface area (Å²) < 4.78 is 39.9. The van der Waals surface area contributed by atoms with Gasteiger partial charge in [0, 0.05) is 35.2 Å². The maximum atomic E-state index is 14.9. The zero-order chi connectivity index (χ0) is 30.5. The number of halogens is 2. The van der Waals surface area contributed by atoms with Crippen LogP contribution in [0.25, 0.3) is 0 Å². The Morgan fingerprint density at radius 1 is 1.09 bits per heavy atom. The van der Waals surface area contributed by atoms with Gasteiger partial charge in [-0.1, -0.05) is 18.2 Å². The summed E-state index contributed by atoms with van der Waals surface area (Å²) in [5.41, 5.74) is 1.20. The van der Waals surface area contributed by atoms with Crippen LogP contribution in [0.15, 0.2) is 71.5 Å². The van der Waals surface area contributed by atoms with Crippen molar-refractivity contribution >= 4 is 40.0 Å². The monoisotopic (exact) mass is 699 g/mol. The molecule has 0 aliphatic carbocycles. The molecule has 0 spiro atoms. The summed E-state index contributed by atoms with van der Waals surface area (Å²) in [7, 11) is 3.08. The molecular weight excluding hydrogens is 668 g/mol. The van der Waals surface area contributed by atoms with Gasteiger partial charge in [-0.3, -0.25) is 14.2 Å². The number of carbonyl (C=O) groups excluding carboxylic acids is 1. The molecule has 3 aromatic carbocycles. The third-order valence-corrected chi connectivity index (χ3v) is 7.73. The lowest BCUT2D eigenvalue weighted by Crippen LogP contribution is -2.29. The maximum absolute atomic E-state index is 14.9. The Hall–Kier alpha value is -4.10. The second-order valence-corrected chi connectivity index (χ2v) is 11.2. The van der Waals surface area contributed by atoms with E-state index in [1.54, 1.807) is 43.5 Å². The van der Waals surface area contributed by atoms with Gasteiger partial charge in [-0.2, -0.15) is 0 Å². The maximum Gasteiger partial charge on any atom is 0.259 e. The van der Waals surface area contributed by atoms with E-state index in [2.05, 4.69) is 10.6 Å². The molecule has 1 amide bonds. The van der Waals surface area contributed by atoms with E-state index >= 15 is 0 Å². The van der Waals surface area contributed by atoms with Gasteiger partial charge in [-0.25, -0.2) is 4.39 Å². The van der Waals surface area contributed by atoms with E-state index in [1.165, 1.54) is 23.7 Å². The Morgan fingerprint density at radius 3 is 2.56 bits per heavy atom. The number of benzene rings is 3. The largest absolute Gasteiger partial charge is 0.497 e. The van der Waals surface area contributed by atoms with E-state index in [0.717, 1.165) is 12.0 Å². The van der Waals surface area contributed by atoms with Crippen LogP contribution in [0.3, 0.4) is 0 Å². The summed E-state index contributed by atoms with van der Waals surface area (Å²) in [4.78, 5) is 27.0. The molecule has 0 bridgehead atoms.